The zero-order valence-corrected chi connectivity index (χ0v) is 8.71. The van der Waals surface area contributed by atoms with Crippen molar-refractivity contribution in [1.82, 2.24) is 4.90 Å². The monoisotopic (exact) mass is 171 g/mol. The van der Waals surface area contributed by atoms with Gasteiger partial charge in [-0.3, -0.25) is 4.90 Å². The molecule has 0 aromatic rings. The second-order valence-corrected chi connectivity index (χ2v) is 4.08. The number of hydrogen-bond donors (Lipinski definition) is 0. The lowest BCUT2D eigenvalue weighted by Crippen LogP contribution is -2.42. The van der Waals surface area contributed by atoms with Crippen LogP contribution >= 0.6 is 0 Å². The molecule has 0 aromatic carbocycles. The number of likely N-dealkylation sites (tertiary alicyclic amines) is 1. The molecule has 2 unspecified atom stereocenters. The van der Waals surface area contributed by atoms with Gasteiger partial charge in [-0.05, 0) is 33.6 Å². The molecule has 2 atom stereocenters. The number of ether oxygens (including phenoxy) is 1. The first-order valence-corrected chi connectivity index (χ1v) is 4.93. The minimum Gasteiger partial charge on any atom is -0.383 e. The molecule has 1 saturated heterocycles. The van der Waals surface area contributed by atoms with E-state index in [1.54, 1.807) is 7.11 Å². The summed E-state index contributed by atoms with van der Waals surface area (Å²) in [6.07, 6.45) is 2.62. The molecule has 0 aliphatic carbocycles. The molecule has 0 spiro atoms. The van der Waals surface area contributed by atoms with Gasteiger partial charge in [0.05, 0.1) is 6.61 Å². The van der Waals surface area contributed by atoms with Crippen LogP contribution in [0.2, 0.25) is 0 Å². The lowest BCUT2D eigenvalue weighted by molar-refractivity contribution is 0.0794. The van der Waals surface area contributed by atoms with Crippen molar-refractivity contribution in [3.63, 3.8) is 0 Å². The van der Waals surface area contributed by atoms with Crippen LogP contribution in [0.5, 0.6) is 0 Å². The van der Waals surface area contributed by atoms with E-state index in [1.165, 1.54) is 12.8 Å². The standard InChI is InChI=1S/C10H21NO/c1-8(2)11-9(3)5-6-10(11)7-12-4/h8-10H,5-7H2,1-4H3. The predicted molar refractivity (Wildman–Crippen MR) is 51.3 cm³/mol. The highest BCUT2D eigenvalue weighted by Crippen LogP contribution is 2.25. The molecule has 0 radical (unpaired) electrons. The molecule has 0 bridgehead atoms. The molecule has 0 saturated carbocycles. The third kappa shape index (κ3) is 1.99. The lowest BCUT2D eigenvalue weighted by atomic mass is 10.2. The maximum Gasteiger partial charge on any atom is 0.0618 e. The molecule has 12 heavy (non-hydrogen) atoms. The smallest absolute Gasteiger partial charge is 0.0618 e. The molecule has 2 nitrogen and oxygen atoms in total. The molecule has 1 aliphatic rings. The van der Waals surface area contributed by atoms with E-state index in [4.69, 9.17) is 4.74 Å². The van der Waals surface area contributed by atoms with Crippen molar-refractivity contribution in [1.29, 1.82) is 0 Å². The minimum atomic E-state index is 0.655. The van der Waals surface area contributed by atoms with Crippen molar-refractivity contribution in [3.8, 4) is 0 Å². The SMILES string of the molecule is COCC1CCC(C)N1C(C)C. The van der Waals surface area contributed by atoms with Crippen LogP contribution in [0.3, 0.4) is 0 Å². The van der Waals surface area contributed by atoms with Gasteiger partial charge in [-0.2, -0.15) is 0 Å². The van der Waals surface area contributed by atoms with E-state index in [-0.39, 0.29) is 0 Å². The van der Waals surface area contributed by atoms with Gasteiger partial charge < -0.3 is 4.74 Å². The van der Waals surface area contributed by atoms with Crippen LogP contribution in [0.25, 0.3) is 0 Å². The molecule has 1 aliphatic heterocycles. The Morgan fingerprint density at radius 2 is 2.08 bits per heavy atom. The highest BCUT2D eigenvalue weighted by atomic mass is 16.5. The second-order valence-electron chi connectivity index (χ2n) is 4.08. The van der Waals surface area contributed by atoms with Gasteiger partial charge in [-0.25, -0.2) is 0 Å². The lowest BCUT2D eigenvalue weighted by Gasteiger charge is -2.31. The Kier molecular flexibility index (Phi) is 3.53. The van der Waals surface area contributed by atoms with Crippen LogP contribution in [0.1, 0.15) is 33.6 Å². The van der Waals surface area contributed by atoms with Crippen LogP contribution in [-0.4, -0.2) is 36.7 Å². The van der Waals surface area contributed by atoms with Crippen LogP contribution in [0, 0.1) is 0 Å². The summed E-state index contributed by atoms with van der Waals surface area (Å²) < 4.78 is 5.21. The maximum absolute atomic E-state index is 5.21. The fourth-order valence-electron chi connectivity index (χ4n) is 2.38. The van der Waals surface area contributed by atoms with Crippen molar-refractivity contribution < 1.29 is 4.74 Å². The van der Waals surface area contributed by atoms with Gasteiger partial charge in [-0.1, -0.05) is 0 Å². The molecule has 0 N–H and O–H groups in total. The normalized spacial score (nSPS) is 31.8. The third-order valence-corrected chi connectivity index (χ3v) is 2.80. The molecule has 0 amide bonds. The molecule has 2 heteroatoms. The average Bonchev–Trinajstić information content (AvgIpc) is 2.32. The van der Waals surface area contributed by atoms with Crippen LogP contribution in [0.4, 0.5) is 0 Å². The molecule has 1 fully saturated rings. The Balaban J connectivity index is 2.51. The van der Waals surface area contributed by atoms with Crippen molar-refractivity contribution in [2.75, 3.05) is 13.7 Å². The van der Waals surface area contributed by atoms with Crippen LogP contribution < -0.4 is 0 Å². The maximum atomic E-state index is 5.21. The fraction of sp³-hybridized carbons (Fsp3) is 1.00. The second kappa shape index (κ2) is 4.24. The Morgan fingerprint density at radius 1 is 1.42 bits per heavy atom. The average molecular weight is 171 g/mol. The molecular formula is C10H21NO. The number of rotatable bonds is 3. The van der Waals surface area contributed by atoms with E-state index in [1.807, 2.05) is 0 Å². The van der Waals surface area contributed by atoms with Gasteiger partial charge in [-0.15, -0.1) is 0 Å². The largest absolute Gasteiger partial charge is 0.383 e. The quantitative estimate of drug-likeness (QED) is 0.643. The van der Waals surface area contributed by atoms with Crippen LogP contribution in [0.15, 0.2) is 0 Å². The first-order valence-electron chi connectivity index (χ1n) is 4.93. The van der Waals surface area contributed by atoms with E-state index < -0.39 is 0 Å². The summed E-state index contributed by atoms with van der Waals surface area (Å²) in [6, 6.07) is 2.05. The zero-order valence-electron chi connectivity index (χ0n) is 8.71. The van der Waals surface area contributed by atoms with Gasteiger partial charge in [0.2, 0.25) is 0 Å². The van der Waals surface area contributed by atoms with Gasteiger partial charge >= 0.3 is 0 Å². The van der Waals surface area contributed by atoms with Gasteiger partial charge in [0.15, 0.2) is 0 Å². The van der Waals surface area contributed by atoms with Crippen molar-refractivity contribution in [2.24, 2.45) is 0 Å². The Hall–Kier alpha value is -0.0800. The van der Waals surface area contributed by atoms with Gasteiger partial charge in [0.1, 0.15) is 0 Å². The number of methoxy groups -OCH3 is 1. The Morgan fingerprint density at radius 3 is 2.58 bits per heavy atom. The van der Waals surface area contributed by atoms with E-state index >= 15 is 0 Å². The van der Waals surface area contributed by atoms with Crippen LogP contribution in [-0.2, 0) is 4.74 Å². The van der Waals surface area contributed by atoms with Gasteiger partial charge in [0, 0.05) is 25.2 Å². The minimum absolute atomic E-state index is 0.655. The summed E-state index contributed by atoms with van der Waals surface area (Å²) in [5.74, 6) is 0. The fourth-order valence-corrected chi connectivity index (χ4v) is 2.38. The molecule has 1 rings (SSSR count). The zero-order chi connectivity index (χ0) is 9.14. The van der Waals surface area contributed by atoms with E-state index in [2.05, 4.69) is 25.7 Å². The Bertz CT molecular complexity index is 134. The first-order chi connectivity index (χ1) is 5.66. The topological polar surface area (TPSA) is 12.5 Å². The molecular weight excluding hydrogens is 150 g/mol. The first kappa shape index (κ1) is 10.0. The van der Waals surface area contributed by atoms with Crippen molar-refractivity contribution >= 4 is 0 Å². The molecule has 72 valence electrons. The summed E-state index contributed by atoms with van der Waals surface area (Å²) in [5, 5.41) is 0. The van der Waals surface area contributed by atoms with E-state index in [0.717, 1.165) is 12.6 Å². The molecule has 0 aromatic heterocycles. The summed E-state index contributed by atoms with van der Waals surface area (Å²) in [6.45, 7) is 7.74. The third-order valence-electron chi connectivity index (χ3n) is 2.80. The van der Waals surface area contributed by atoms with E-state index in [0.29, 0.717) is 12.1 Å². The summed E-state index contributed by atoms with van der Waals surface area (Å²) in [5.41, 5.74) is 0. The number of hydrogen-bond acceptors (Lipinski definition) is 2. The van der Waals surface area contributed by atoms with Crippen molar-refractivity contribution in [2.45, 2.75) is 51.7 Å². The highest BCUT2D eigenvalue weighted by molar-refractivity contribution is 4.86. The predicted octanol–water partition coefficient (Wildman–Crippen LogP) is 1.89. The summed E-state index contributed by atoms with van der Waals surface area (Å²) >= 11 is 0. The van der Waals surface area contributed by atoms with Crippen molar-refractivity contribution in [3.05, 3.63) is 0 Å². The number of nitrogens with zero attached hydrogens (tertiary/aromatic N) is 1. The van der Waals surface area contributed by atoms with E-state index in [9.17, 15) is 0 Å². The summed E-state index contributed by atoms with van der Waals surface area (Å²) in [4.78, 5) is 2.57. The highest BCUT2D eigenvalue weighted by Gasteiger charge is 2.31. The Labute approximate surface area is 75.9 Å². The van der Waals surface area contributed by atoms with Gasteiger partial charge in [0.25, 0.3) is 0 Å². The molecule has 1 heterocycles. The summed E-state index contributed by atoms with van der Waals surface area (Å²) in [7, 11) is 1.79.